The van der Waals surface area contributed by atoms with E-state index in [0.29, 0.717) is 47.6 Å². The Morgan fingerprint density at radius 3 is 2.45 bits per heavy atom. The Hall–Kier alpha value is -4.53. The molecular formula is C24H21N3O6. The van der Waals surface area contributed by atoms with Gasteiger partial charge in [-0.15, -0.1) is 0 Å². The highest BCUT2D eigenvalue weighted by Gasteiger charge is 2.12. The molecule has 1 aliphatic heterocycles. The number of para-hydroxylation sites is 1. The quantitative estimate of drug-likeness (QED) is 0.401. The highest BCUT2D eigenvalue weighted by Crippen LogP contribution is 2.32. The SMILES string of the molecule is O=C(C=NOCC(=O)Nc1cccc(Oc2ccccc2)c1)Nc1ccc2c(c1)OCCO2. The second kappa shape index (κ2) is 10.7. The number of ether oxygens (including phenoxy) is 3. The summed E-state index contributed by atoms with van der Waals surface area (Å²) < 4.78 is 16.6. The van der Waals surface area contributed by atoms with Gasteiger partial charge in [-0.1, -0.05) is 29.4 Å². The van der Waals surface area contributed by atoms with E-state index in [1.54, 1.807) is 42.5 Å². The molecule has 0 unspecified atom stereocenters. The maximum atomic E-state index is 12.1. The van der Waals surface area contributed by atoms with E-state index in [1.807, 2.05) is 30.3 Å². The first-order valence-corrected chi connectivity index (χ1v) is 10.1. The number of carbonyl (C=O) groups is 2. The van der Waals surface area contributed by atoms with E-state index in [2.05, 4.69) is 15.8 Å². The van der Waals surface area contributed by atoms with Crippen molar-refractivity contribution < 1.29 is 28.6 Å². The van der Waals surface area contributed by atoms with Crippen molar-refractivity contribution in [1.82, 2.24) is 0 Å². The summed E-state index contributed by atoms with van der Waals surface area (Å²) in [6.45, 7) is 0.576. The third kappa shape index (κ3) is 6.47. The van der Waals surface area contributed by atoms with E-state index < -0.39 is 11.8 Å². The largest absolute Gasteiger partial charge is 0.486 e. The minimum atomic E-state index is -0.516. The lowest BCUT2D eigenvalue weighted by Crippen LogP contribution is -2.18. The first kappa shape index (κ1) is 21.7. The molecule has 1 heterocycles. The molecule has 0 spiro atoms. The smallest absolute Gasteiger partial charge is 0.270 e. The van der Waals surface area contributed by atoms with Crippen molar-refractivity contribution in [3.63, 3.8) is 0 Å². The van der Waals surface area contributed by atoms with Gasteiger partial charge in [-0.05, 0) is 36.4 Å². The number of nitrogens with zero attached hydrogens (tertiary/aromatic N) is 1. The Kier molecular flexibility index (Phi) is 7.01. The molecule has 168 valence electrons. The number of carbonyl (C=O) groups excluding carboxylic acids is 2. The summed E-state index contributed by atoms with van der Waals surface area (Å²) in [5.41, 5.74) is 1.06. The molecule has 0 bridgehead atoms. The van der Waals surface area contributed by atoms with Gasteiger partial charge in [-0.3, -0.25) is 9.59 Å². The van der Waals surface area contributed by atoms with Crippen molar-refractivity contribution in [2.75, 3.05) is 30.5 Å². The molecule has 33 heavy (non-hydrogen) atoms. The molecule has 3 aromatic rings. The van der Waals surface area contributed by atoms with E-state index in [0.717, 1.165) is 6.21 Å². The van der Waals surface area contributed by atoms with Gasteiger partial charge in [-0.25, -0.2) is 0 Å². The number of benzene rings is 3. The molecule has 0 atom stereocenters. The van der Waals surface area contributed by atoms with Crippen LogP contribution in [0.4, 0.5) is 11.4 Å². The Labute approximate surface area is 189 Å². The summed E-state index contributed by atoms with van der Waals surface area (Å²) in [5.74, 6) is 1.50. The van der Waals surface area contributed by atoms with Gasteiger partial charge in [0.05, 0.1) is 0 Å². The van der Waals surface area contributed by atoms with E-state index in [9.17, 15) is 9.59 Å². The predicted octanol–water partition coefficient (Wildman–Crippen LogP) is 3.83. The molecule has 0 saturated carbocycles. The lowest BCUT2D eigenvalue weighted by Gasteiger charge is -2.18. The van der Waals surface area contributed by atoms with E-state index in [4.69, 9.17) is 19.0 Å². The Balaban J connectivity index is 1.21. The molecule has 9 nitrogen and oxygen atoms in total. The van der Waals surface area contributed by atoms with Crippen LogP contribution in [0.25, 0.3) is 0 Å². The molecule has 9 heteroatoms. The highest BCUT2D eigenvalue weighted by atomic mass is 16.6. The van der Waals surface area contributed by atoms with Gasteiger partial charge in [0, 0.05) is 23.5 Å². The summed E-state index contributed by atoms with van der Waals surface area (Å²) >= 11 is 0. The van der Waals surface area contributed by atoms with Gasteiger partial charge in [0.15, 0.2) is 18.1 Å². The van der Waals surface area contributed by atoms with Gasteiger partial charge in [0.2, 0.25) is 0 Å². The number of amides is 2. The summed E-state index contributed by atoms with van der Waals surface area (Å²) in [6, 6.07) is 21.3. The van der Waals surface area contributed by atoms with Crippen molar-refractivity contribution in [2.24, 2.45) is 5.16 Å². The van der Waals surface area contributed by atoms with Gasteiger partial charge in [0.25, 0.3) is 11.8 Å². The first-order valence-electron chi connectivity index (χ1n) is 10.1. The molecule has 4 rings (SSSR count). The van der Waals surface area contributed by atoms with Gasteiger partial charge < -0.3 is 29.7 Å². The second-order valence-corrected chi connectivity index (χ2v) is 6.85. The van der Waals surface area contributed by atoms with Gasteiger partial charge >= 0.3 is 0 Å². The van der Waals surface area contributed by atoms with Crippen molar-refractivity contribution >= 4 is 29.4 Å². The fourth-order valence-corrected chi connectivity index (χ4v) is 2.94. The molecule has 1 aliphatic rings. The third-order valence-corrected chi connectivity index (χ3v) is 4.35. The molecule has 0 fully saturated rings. The van der Waals surface area contributed by atoms with Crippen LogP contribution < -0.4 is 24.8 Å². The number of nitrogens with one attached hydrogen (secondary N) is 2. The van der Waals surface area contributed by atoms with Gasteiger partial charge in [-0.2, -0.15) is 0 Å². The maximum absolute atomic E-state index is 12.1. The summed E-state index contributed by atoms with van der Waals surface area (Å²) in [7, 11) is 0. The highest BCUT2D eigenvalue weighted by molar-refractivity contribution is 6.31. The second-order valence-electron chi connectivity index (χ2n) is 6.85. The predicted molar refractivity (Wildman–Crippen MR) is 122 cm³/mol. The fourth-order valence-electron chi connectivity index (χ4n) is 2.94. The van der Waals surface area contributed by atoms with Crippen molar-refractivity contribution in [2.45, 2.75) is 0 Å². The van der Waals surface area contributed by atoms with Crippen LogP contribution >= 0.6 is 0 Å². The molecule has 0 saturated heterocycles. The number of hydrogen-bond acceptors (Lipinski definition) is 7. The van der Waals surface area contributed by atoms with Crippen molar-refractivity contribution in [3.8, 4) is 23.0 Å². The van der Waals surface area contributed by atoms with Crippen LogP contribution in [0.1, 0.15) is 0 Å². The molecule has 2 amide bonds. The average Bonchev–Trinajstić information content (AvgIpc) is 2.83. The van der Waals surface area contributed by atoms with Crippen LogP contribution in [0.15, 0.2) is 78.0 Å². The summed E-state index contributed by atoms with van der Waals surface area (Å²) in [5, 5.41) is 8.84. The Morgan fingerprint density at radius 2 is 1.61 bits per heavy atom. The molecule has 0 aromatic heterocycles. The minimum Gasteiger partial charge on any atom is -0.486 e. The Bertz CT molecular complexity index is 1150. The van der Waals surface area contributed by atoms with Crippen LogP contribution in [0.3, 0.4) is 0 Å². The standard InChI is InChI=1S/C24H21N3O6/c28-23(26-18-9-10-21-22(14-18)31-12-11-30-21)15-25-32-16-24(29)27-17-5-4-8-20(13-17)33-19-6-2-1-3-7-19/h1-10,13-15H,11-12,16H2,(H,26,28)(H,27,29). The summed E-state index contributed by atoms with van der Waals surface area (Å²) in [4.78, 5) is 29.0. The number of oxime groups is 1. The van der Waals surface area contributed by atoms with E-state index >= 15 is 0 Å². The zero-order valence-electron chi connectivity index (χ0n) is 17.5. The van der Waals surface area contributed by atoms with E-state index in [1.165, 1.54) is 0 Å². The molecule has 0 aliphatic carbocycles. The van der Waals surface area contributed by atoms with E-state index in [-0.39, 0.29) is 6.61 Å². The van der Waals surface area contributed by atoms with Crippen molar-refractivity contribution in [3.05, 3.63) is 72.8 Å². The maximum Gasteiger partial charge on any atom is 0.270 e. The average molecular weight is 447 g/mol. The number of rotatable bonds is 8. The normalized spacial score (nSPS) is 12.1. The van der Waals surface area contributed by atoms with Crippen LogP contribution in [-0.4, -0.2) is 37.8 Å². The van der Waals surface area contributed by atoms with Crippen LogP contribution in [-0.2, 0) is 14.4 Å². The number of hydrogen-bond donors (Lipinski definition) is 2. The third-order valence-electron chi connectivity index (χ3n) is 4.35. The van der Waals surface area contributed by atoms with Gasteiger partial charge in [0.1, 0.15) is 30.9 Å². The van der Waals surface area contributed by atoms with Crippen LogP contribution in [0.2, 0.25) is 0 Å². The molecule has 2 N–H and O–H groups in total. The summed E-state index contributed by atoms with van der Waals surface area (Å²) in [6.07, 6.45) is 0.943. The lowest BCUT2D eigenvalue weighted by atomic mass is 10.2. The zero-order valence-corrected chi connectivity index (χ0v) is 17.5. The molecule has 0 radical (unpaired) electrons. The lowest BCUT2D eigenvalue weighted by molar-refractivity contribution is -0.120. The number of fused-ring (bicyclic) bond motifs is 1. The van der Waals surface area contributed by atoms with Crippen LogP contribution in [0.5, 0.6) is 23.0 Å². The fraction of sp³-hybridized carbons (Fsp3) is 0.125. The minimum absolute atomic E-state index is 0.364. The zero-order chi connectivity index (χ0) is 22.9. The monoisotopic (exact) mass is 447 g/mol. The molecular weight excluding hydrogens is 426 g/mol. The molecule has 3 aromatic carbocycles. The van der Waals surface area contributed by atoms with Crippen LogP contribution in [0, 0.1) is 0 Å². The number of anilines is 2. The van der Waals surface area contributed by atoms with Crippen molar-refractivity contribution in [1.29, 1.82) is 0 Å². The topological polar surface area (TPSA) is 107 Å². The Morgan fingerprint density at radius 1 is 0.848 bits per heavy atom. The first-order chi connectivity index (χ1) is 16.2.